The third-order valence-electron chi connectivity index (χ3n) is 6.36. The number of anilines is 1. The van der Waals surface area contributed by atoms with Gasteiger partial charge in [-0.1, -0.05) is 35.9 Å². The standard InChI is InChI=1S/C31H31N3O6S/c1-5-39-31(36)25-11-9-24(10-12-25)29-17-14-27(40-29)19-32-33-30(35)20-34(26-13-8-22(3)23(4)18-26)41(37,38)28-15-6-21(2)7-16-28/h6-19H,5,20H2,1-4H3,(H,33,35)/b32-19+. The molecule has 1 N–H and O–H groups in total. The van der Waals surface area contributed by atoms with Crippen molar-refractivity contribution >= 4 is 33.8 Å². The maximum absolute atomic E-state index is 13.6. The lowest BCUT2D eigenvalue weighted by atomic mass is 10.1. The van der Waals surface area contributed by atoms with Gasteiger partial charge in [-0.25, -0.2) is 18.6 Å². The van der Waals surface area contributed by atoms with Crippen LogP contribution in [-0.2, 0) is 19.6 Å². The zero-order chi connectivity index (χ0) is 29.6. The van der Waals surface area contributed by atoms with Crippen LogP contribution in [0.25, 0.3) is 11.3 Å². The lowest BCUT2D eigenvalue weighted by Gasteiger charge is -2.24. The Labute approximate surface area is 239 Å². The maximum atomic E-state index is 13.6. The average molecular weight is 574 g/mol. The van der Waals surface area contributed by atoms with Crippen molar-refractivity contribution in [2.24, 2.45) is 5.10 Å². The van der Waals surface area contributed by atoms with Crippen molar-refractivity contribution in [3.8, 4) is 11.3 Å². The number of amides is 1. The predicted octanol–water partition coefficient (Wildman–Crippen LogP) is 5.39. The Morgan fingerprint density at radius 2 is 1.63 bits per heavy atom. The minimum Gasteiger partial charge on any atom is -0.462 e. The van der Waals surface area contributed by atoms with Crippen molar-refractivity contribution in [2.75, 3.05) is 17.5 Å². The maximum Gasteiger partial charge on any atom is 0.338 e. The minimum absolute atomic E-state index is 0.0797. The Morgan fingerprint density at radius 1 is 0.927 bits per heavy atom. The highest BCUT2D eigenvalue weighted by Crippen LogP contribution is 2.26. The van der Waals surface area contributed by atoms with Gasteiger partial charge in [0.15, 0.2) is 0 Å². The van der Waals surface area contributed by atoms with Gasteiger partial charge in [0, 0.05) is 5.56 Å². The molecular formula is C31H31N3O6S. The highest BCUT2D eigenvalue weighted by atomic mass is 32.2. The molecule has 0 aliphatic rings. The molecule has 4 rings (SSSR count). The monoisotopic (exact) mass is 573 g/mol. The number of ether oxygens (including phenoxy) is 1. The van der Waals surface area contributed by atoms with Crippen LogP contribution in [0.15, 0.2) is 93.3 Å². The van der Waals surface area contributed by atoms with Crippen molar-refractivity contribution in [2.45, 2.75) is 32.6 Å². The third kappa shape index (κ3) is 7.09. The van der Waals surface area contributed by atoms with Gasteiger partial charge in [-0.15, -0.1) is 0 Å². The van der Waals surface area contributed by atoms with Crippen LogP contribution in [0.4, 0.5) is 5.69 Å². The first-order chi connectivity index (χ1) is 19.6. The number of sulfonamides is 1. The molecule has 212 valence electrons. The molecule has 1 amide bonds. The first-order valence-electron chi connectivity index (χ1n) is 12.9. The molecule has 0 spiro atoms. The summed E-state index contributed by atoms with van der Waals surface area (Å²) >= 11 is 0. The predicted molar refractivity (Wildman–Crippen MR) is 157 cm³/mol. The SMILES string of the molecule is CCOC(=O)c1ccc(-c2ccc(/C=N/NC(=O)CN(c3ccc(C)c(C)c3)S(=O)(=O)c3ccc(C)cc3)o2)cc1. The number of rotatable bonds is 10. The van der Waals surface area contributed by atoms with Crippen LogP contribution in [-0.4, -0.2) is 39.7 Å². The highest BCUT2D eigenvalue weighted by molar-refractivity contribution is 7.92. The highest BCUT2D eigenvalue weighted by Gasteiger charge is 2.27. The van der Waals surface area contributed by atoms with E-state index in [9.17, 15) is 18.0 Å². The van der Waals surface area contributed by atoms with Crippen molar-refractivity contribution in [1.82, 2.24) is 5.43 Å². The Kier molecular flexibility index (Phi) is 9.04. The fourth-order valence-electron chi connectivity index (χ4n) is 3.93. The molecule has 41 heavy (non-hydrogen) atoms. The molecule has 0 radical (unpaired) electrons. The molecule has 0 bridgehead atoms. The number of carbonyl (C=O) groups excluding carboxylic acids is 2. The Morgan fingerprint density at radius 3 is 2.29 bits per heavy atom. The fourth-order valence-corrected chi connectivity index (χ4v) is 5.34. The van der Waals surface area contributed by atoms with E-state index >= 15 is 0 Å². The normalized spacial score (nSPS) is 11.4. The van der Waals surface area contributed by atoms with Crippen molar-refractivity contribution < 1.29 is 27.2 Å². The van der Waals surface area contributed by atoms with Gasteiger partial charge in [-0.05, 0) is 87.4 Å². The first kappa shape index (κ1) is 29.3. The summed E-state index contributed by atoms with van der Waals surface area (Å²) in [5.74, 6) is -0.118. The number of hydrogen-bond acceptors (Lipinski definition) is 7. The summed E-state index contributed by atoms with van der Waals surface area (Å²) in [7, 11) is -4.04. The largest absolute Gasteiger partial charge is 0.462 e. The Balaban J connectivity index is 1.47. The second-order valence-corrected chi connectivity index (χ2v) is 11.2. The molecule has 10 heteroatoms. The van der Waals surface area contributed by atoms with E-state index in [0.717, 1.165) is 26.6 Å². The lowest BCUT2D eigenvalue weighted by Crippen LogP contribution is -2.39. The molecule has 0 unspecified atom stereocenters. The lowest BCUT2D eigenvalue weighted by molar-refractivity contribution is -0.119. The number of esters is 1. The van der Waals surface area contributed by atoms with Crippen LogP contribution < -0.4 is 9.73 Å². The summed E-state index contributed by atoms with van der Waals surface area (Å²) in [6.07, 6.45) is 1.32. The van der Waals surface area contributed by atoms with Gasteiger partial charge in [-0.3, -0.25) is 9.10 Å². The van der Waals surface area contributed by atoms with E-state index in [-0.39, 0.29) is 4.90 Å². The van der Waals surface area contributed by atoms with Gasteiger partial charge in [0.2, 0.25) is 0 Å². The fraction of sp³-hybridized carbons (Fsp3) is 0.194. The summed E-state index contributed by atoms with van der Waals surface area (Å²) in [5.41, 5.74) is 6.76. The number of nitrogens with zero attached hydrogens (tertiary/aromatic N) is 2. The number of furan rings is 1. The summed E-state index contributed by atoms with van der Waals surface area (Å²) in [5, 5.41) is 3.95. The number of nitrogens with one attached hydrogen (secondary N) is 1. The molecule has 0 saturated heterocycles. The van der Waals surface area contributed by atoms with E-state index in [1.807, 2.05) is 26.8 Å². The summed E-state index contributed by atoms with van der Waals surface area (Å²) in [6, 6.07) is 21.9. The number of hydrogen-bond donors (Lipinski definition) is 1. The molecule has 0 aliphatic carbocycles. The van der Waals surface area contributed by atoms with Gasteiger partial charge in [-0.2, -0.15) is 5.10 Å². The average Bonchev–Trinajstić information content (AvgIpc) is 3.42. The van der Waals surface area contributed by atoms with Crippen LogP contribution in [0.3, 0.4) is 0 Å². The molecule has 1 aromatic heterocycles. The molecule has 0 saturated carbocycles. The van der Waals surface area contributed by atoms with E-state index in [1.165, 1.54) is 18.3 Å². The van der Waals surface area contributed by atoms with Crippen molar-refractivity contribution in [3.63, 3.8) is 0 Å². The Bertz CT molecular complexity index is 1670. The van der Waals surface area contributed by atoms with E-state index < -0.39 is 28.4 Å². The minimum atomic E-state index is -4.04. The van der Waals surface area contributed by atoms with E-state index in [1.54, 1.807) is 67.6 Å². The van der Waals surface area contributed by atoms with Gasteiger partial charge in [0.25, 0.3) is 15.9 Å². The van der Waals surface area contributed by atoms with Crippen LogP contribution in [0.5, 0.6) is 0 Å². The van der Waals surface area contributed by atoms with Gasteiger partial charge in [0.05, 0.1) is 29.0 Å². The number of carbonyl (C=O) groups is 2. The second-order valence-electron chi connectivity index (χ2n) is 9.39. The number of hydrazone groups is 1. The van der Waals surface area contributed by atoms with E-state index in [4.69, 9.17) is 9.15 Å². The molecule has 3 aromatic carbocycles. The molecule has 1 heterocycles. The quantitative estimate of drug-likeness (QED) is 0.154. The third-order valence-corrected chi connectivity index (χ3v) is 8.15. The Hall–Kier alpha value is -4.70. The number of benzene rings is 3. The van der Waals surface area contributed by atoms with Gasteiger partial charge in [0.1, 0.15) is 18.1 Å². The zero-order valence-electron chi connectivity index (χ0n) is 23.2. The first-order valence-corrected chi connectivity index (χ1v) is 14.4. The molecular weight excluding hydrogens is 542 g/mol. The van der Waals surface area contributed by atoms with Gasteiger partial charge >= 0.3 is 5.97 Å². The summed E-state index contributed by atoms with van der Waals surface area (Å²) in [6.45, 7) is 7.24. The van der Waals surface area contributed by atoms with E-state index in [0.29, 0.717) is 29.4 Å². The van der Waals surface area contributed by atoms with E-state index in [2.05, 4.69) is 10.5 Å². The van der Waals surface area contributed by atoms with Gasteiger partial charge < -0.3 is 9.15 Å². The summed E-state index contributed by atoms with van der Waals surface area (Å²) in [4.78, 5) is 24.8. The van der Waals surface area contributed by atoms with Crippen LogP contribution in [0, 0.1) is 20.8 Å². The topological polar surface area (TPSA) is 118 Å². The molecule has 0 aliphatic heterocycles. The van der Waals surface area contributed by atoms with Crippen molar-refractivity contribution in [3.05, 3.63) is 107 Å². The molecule has 9 nitrogen and oxygen atoms in total. The van der Waals surface area contributed by atoms with Crippen molar-refractivity contribution in [1.29, 1.82) is 0 Å². The number of aryl methyl sites for hydroxylation is 3. The van der Waals surface area contributed by atoms with Crippen LogP contribution >= 0.6 is 0 Å². The zero-order valence-corrected chi connectivity index (χ0v) is 24.1. The molecule has 0 fully saturated rings. The molecule has 0 atom stereocenters. The smallest absolute Gasteiger partial charge is 0.338 e. The molecule has 4 aromatic rings. The van der Waals surface area contributed by atoms with Crippen LogP contribution in [0.2, 0.25) is 0 Å². The van der Waals surface area contributed by atoms with Crippen LogP contribution in [0.1, 0.15) is 39.7 Å². The summed E-state index contributed by atoms with van der Waals surface area (Å²) < 4.78 is 39.0. The second kappa shape index (κ2) is 12.6.